The number of nitrogens with one attached hydrogen (secondary N) is 1. The zero-order valence-electron chi connectivity index (χ0n) is 7.09. The van der Waals surface area contributed by atoms with E-state index in [2.05, 4.69) is 9.68 Å². The summed E-state index contributed by atoms with van der Waals surface area (Å²) in [6, 6.07) is 0. The lowest BCUT2D eigenvalue weighted by atomic mass is 10.6. The molecule has 0 saturated heterocycles. The Morgan fingerprint density at radius 1 is 1.55 bits per heavy atom. The van der Waals surface area contributed by atoms with Crippen molar-refractivity contribution in [3.05, 3.63) is 0 Å². The Hall–Kier alpha value is -0.580. The van der Waals surface area contributed by atoms with Gasteiger partial charge in [-0.1, -0.05) is 0 Å². The van der Waals surface area contributed by atoms with Gasteiger partial charge in [0.2, 0.25) is 5.91 Å². The van der Waals surface area contributed by atoms with E-state index < -0.39 is 9.73 Å². The molecule has 0 saturated carbocycles. The van der Waals surface area contributed by atoms with Crippen molar-refractivity contribution in [2.45, 2.75) is 6.92 Å². The average molecular weight is 178 g/mol. The zero-order valence-corrected chi connectivity index (χ0v) is 7.90. The molecular formula is C6H14N2O2S. The fraction of sp³-hybridized carbons (Fsp3) is 0.833. The molecule has 0 aromatic carbocycles. The molecule has 0 unspecified atom stereocenters. The van der Waals surface area contributed by atoms with Gasteiger partial charge in [-0.25, -0.2) is 4.36 Å². The summed E-state index contributed by atoms with van der Waals surface area (Å²) >= 11 is 0. The maximum atomic E-state index is 10.9. The molecule has 0 spiro atoms. The predicted molar refractivity (Wildman–Crippen MR) is 46.0 cm³/mol. The van der Waals surface area contributed by atoms with E-state index in [4.69, 9.17) is 0 Å². The number of carbonyl (C=O) groups excluding carboxylic acids is 1. The molecule has 11 heavy (non-hydrogen) atoms. The number of carbonyl (C=O) groups is 1. The summed E-state index contributed by atoms with van der Waals surface area (Å²) in [5.74, 6) is -0.177. The first-order valence-corrected chi connectivity index (χ1v) is 5.68. The van der Waals surface area contributed by atoms with E-state index in [9.17, 15) is 9.00 Å². The minimum Gasteiger partial charge on any atom is -0.355 e. The van der Waals surface area contributed by atoms with Crippen molar-refractivity contribution < 1.29 is 9.00 Å². The molecule has 0 heterocycles. The van der Waals surface area contributed by atoms with Crippen LogP contribution in [0.2, 0.25) is 0 Å². The lowest BCUT2D eigenvalue weighted by molar-refractivity contribution is -0.119. The third kappa shape index (κ3) is 7.32. The maximum absolute atomic E-state index is 10.9. The van der Waals surface area contributed by atoms with Gasteiger partial charge in [0, 0.05) is 28.8 Å². The third-order valence-corrected chi connectivity index (χ3v) is 1.64. The lowest BCUT2D eigenvalue weighted by Gasteiger charge is -1.97. The predicted octanol–water partition coefficient (Wildman–Crippen LogP) is -0.150. The quantitative estimate of drug-likeness (QED) is 0.653. The molecule has 0 radical (unpaired) electrons. The fourth-order valence-electron chi connectivity index (χ4n) is 0.467. The highest BCUT2D eigenvalue weighted by Gasteiger charge is 1.97. The van der Waals surface area contributed by atoms with Crippen LogP contribution in [0.4, 0.5) is 0 Å². The van der Waals surface area contributed by atoms with E-state index in [0.717, 1.165) is 0 Å². The molecule has 0 bridgehead atoms. The van der Waals surface area contributed by atoms with E-state index in [1.165, 1.54) is 12.5 Å². The van der Waals surface area contributed by atoms with Crippen LogP contribution in [-0.2, 0) is 14.5 Å². The molecule has 0 aromatic rings. The normalized spacial score (nSPS) is 10.8. The van der Waals surface area contributed by atoms with Gasteiger partial charge in [0.15, 0.2) is 0 Å². The number of hydrogen-bond donors (Lipinski definition) is 1. The van der Waals surface area contributed by atoms with Crippen molar-refractivity contribution in [1.29, 1.82) is 0 Å². The van der Waals surface area contributed by atoms with E-state index in [1.807, 2.05) is 6.92 Å². The first-order valence-electron chi connectivity index (χ1n) is 3.35. The standard InChI is InChI=1S/C6H14N2O2S/c1-4-7-6(9)5-8-11(2,3)10/h4-5H2,1-3H3,(H,7,9). The van der Waals surface area contributed by atoms with Gasteiger partial charge in [0.25, 0.3) is 0 Å². The fourth-order valence-corrected chi connectivity index (χ4v) is 0.895. The Morgan fingerprint density at radius 2 is 2.09 bits per heavy atom. The van der Waals surface area contributed by atoms with Crippen molar-refractivity contribution in [3.63, 3.8) is 0 Å². The van der Waals surface area contributed by atoms with Crippen LogP contribution in [0.5, 0.6) is 0 Å². The van der Waals surface area contributed by atoms with Crippen LogP contribution >= 0.6 is 0 Å². The molecule has 0 aromatic heterocycles. The summed E-state index contributed by atoms with van der Waals surface area (Å²) < 4.78 is 14.6. The number of nitrogens with zero attached hydrogens (tertiary/aromatic N) is 1. The van der Waals surface area contributed by atoms with Gasteiger partial charge in [-0.05, 0) is 6.92 Å². The number of amides is 1. The monoisotopic (exact) mass is 178 g/mol. The van der Waals surface area contributed by atoms with E-state index in [-0.39, 0.29) is 12.5 Å². The smallest absolute Gasteiger partial charge is 0.242 e. The van der Waals surface area contributed by atoms with Crippen LogP contribution in [0.3, 0.4) is 0 Å². The van der Waals surface area contributed by atoms with E-state index in [0.29, 0.717) is 6.54 Å². The van der Waals surface area contributed by atoms with Crippen LogP contribution in [0.15, 0.2) is 4.36 Å². The van der Waals surface area contributed by atoms with Crippen LogP contribution in [0.1, 0.15) is 6.92 Å². The molecule has 0 aliphatic rings. The number of likely N-dealkylation sites (N-methyl/N-ethyl adjacent to an activating group) is 1. The molecule has 1 N–H and O–H groups in total. The van der Waals surface area contributed by atoms with Crippen LogP contribution < -0.4 is 5.32 Å². The van der Waals surface area contributed by atoms with Crippen LogP contribution in [0.25, 0.3) is 0 Å². The summed E-state index contributed by atoms with van der Waals surface area (Å²) in [5.41, 5.74) is 0. The second-order valence-corrected chi connectivity index (χ2v) is 5.04. The molecule has 0 aliphatic heterocycles. The summed E-state index contributed by atoms with van der Waals surface area (Å²) in [4.78, 5) is 10.8. The van der Waals surface area contributed by atoms with Gasteiger partial charge in [0.05, 0.1) is 0 Å². The van der Waals surface area contributed by atoms with Gasteiger partial charge in [-0.15, -0.1) is 0 Å². The summed E-state index contributed by atoms with van der Waals surface area (Å²) in [6.07, 6.45) is 3.01. The maximum Gasteiger partial charge on any atom is 0.242 e. The number of hydrogen-bond acceptors (Lipinski definition) is 3. The summed E-state index contributed by atoms with van der Waals surface area (Å²) in [7, 11) is -2.12. The molecule has 4 nitrogen and oxygen atoms in total. The lowest BCUT2D eigenvalue weighted by Crippen LogP contribution is -2.25. The molecule has 1 amide bonds. The summed E-state index contributed by atoms with van der Waals surface area (Å²) in [6.45, 7) is 2.41. The SMILES string of the molecule is CCNC(=O)CN=S(C)(C)=O. The van der Waals surface area contributed by atoms with Crippen molar-refractivity contribution in [3.8, 4) is 0 Å². The van der Waals surface area contributed by atoms with Crippen molar-refractivity contribution in [2.24, 2.45) is 4.36 Å². The molecule has 66 valence electrons. The van der Waals surface area contributed by atoms with Crippen LogP contribution in [-0.4, -0.2) is 35.7 Å². The first-order chi connectivity index (χ1) is 4.95. The molecule has 5 heteroatoms. The highest BCUT2D eigenvalue weighted by atomic mass is 32.2. The Labute approximate surface area is 67.6 Å². The second kappa shape index (κ2) is 4.33. The third-order valence-electron chi connectivity index (χ3n) is 0.893. The second-order valence-electron chi connectivity index (χ2n) is 2.42. The molecular weight excluding hydrogens is 164 g/mol. The Balaban J connectivity index is 3.90. The first kappa shape index (κ1) is 10.4. The minimum atomic E-state index is -2.12. The Kier molecular flexibility index (Phi) is 4.10. The van der Waals surface area contributed by atoms with Gasteiger partial charge in [-0.3, -0.25) is 9.00 Å². The van der Waals surface area contributed by atoms with E-state index >= 15 is 0 Å². The van der Waals surface area contributed by atoms with Crippen LogP contribution in [0, 0.1) is 0 Å². The molecule has 0 rings (SSSR count). The topological polar surface area (TPSA) is 58.5 Å². The average Bonchev–Trinajstić information content (AvgIpc) is 1.83. The van der Waals surface area contributed by atoms with Crippen molar-refractivity contribution >= 4 is 15.6 Å². The Bertz CT molecular complexity index is 233. The van der Waals surface area contributed by atoms with E-state index in [1.54, 1.807) is 0 Å². The van der Waals surface area contributed by atoms with Gasteiger partial charge < -0.3 is 5.32 Å². The van der Waals surface area contributed by atoms with Crippen molar-refractivity contribution in [2.75, 3.05) is 25.6 Å². The highest BCUT2D eigenvalue weighted by Crippen LogP contribution is 1.82. The largest absolute Gasteiger partial charge is 0.355 e. The van der Waals surface area contributed by atoms with Crippen molar-refractivity contribution in [1.82, 2.24) is 5.32 Å². The molecule has 0 aliphatic carbocycles. The summed E-state index contributed by atoms with van der Waals surface area (Å²) in [5, 5.41) is 2.56. The Morgan fingerprint density at radius 3 is 2.45 bits per heavy atom. The van der Waals surface area contributed by atoms with Gasteiger partial charge >= 0.3 is 0 Å². The zero-order chi connectivity index (χ0) is 8.91. The number of rotatable bonds is 3. The molecule has 0 fully saturated rings. The van der Waals surface area contributed by atoms with Gasteiger partial charge in [-0.2, -0.15) is 0 Å². The minimum absolute atomic E-state index is 0.000324. The van der Waals surface area contributed by atoms with Gasteiger partial charge in [0.1, 0.15) is 6.54 Å². The molecule has 0 atom stereocenters. The highest BCUT2D eigenvalue weighted by molar-refractivity contribution is 7.92.